The molecule has 0 bridgehead atoms. The molecule has 5 nitrogen and oxygen atoms in total. The Kier molecular flexibility index (Phi) is 3.61. The molecule has 0 aliphatic heterocycles. The SMILES string of the molecule is C=CC(=O)NCc1ccc(S(N)(=O)=O)s1. The van der Waals surface area contributed by atoms with Crippen LogP contribution in [0, 0.1) is 0 Å². The minimum atomic E-state index is -3.64. The van der Waals surface area contributed by atoms with Crippen LogP contribution < -0.4 is 10.5 Å². The van der Waals surface area contributed by atoms with E-state index < -0.39 is 10.0 Å². The lowest BCUT2D eigenvalue weighted by Crippen LogP contribution is -2.19. The van der Waals surface area contributed by atoms with Gasteiger partial charge in [0.15, 0.2) is 0 Å². The van der Waals surface area contributed by atoms with Crippen molar-refractivity contribution in [3.8, 4) is 0 Å². The summed E-state index contributed by atoms with van der Waals surface area (Å²) in [6.45, 7) is 3.56. The first-order valence-corrected chi connectivity index (χ1v) is 6.31. The van der Waals surface area contributed by atoms with Crippen LogP contribution in [0.3, 0.4) is 0 Å². The Bertz CT molecular complexity index is 476. The molecular weight excluding hydrogens is 236 g/mol. The van der Waals surface area contributed by atoms with E-state index in [1.165, 1.54) is 6.07 Å². The van der Waals surface area contributed by atoms with Crippen LogP contribution in [-0.2, 0) is 21.4 Å². The highest BCUT2D eigenvalue weighted by atomic mass is 32.2. The maximum Gasteiger partial charge on any atom is 0.247 e. The van der Waals surface area contributed by atoms with Crippen LogP contribution in [0.4, 0.5) is 0 Å². The molecule has 0 aliphatic rings. The smallest absolute Gasteiger partial charge is 0.247 e. The van der Waals surface area contributed by atoms with Gasteiger partial charge in [-0.1, -0.05) is 6.58 Å². The zero-order valence-corrected chi connectivity index (χ0v) is 9.40. The molecule has 82 valence electrons. The largest absolute Gasteiger partial charge is 0.348 e. The molecule has 0 radical (unpaired) electrons. The number of nitrogens with two attached hydrogens (primary N) is 1. The predicted octanol–water partition coefficient (Wildman–Crippen LogP) is 0.198. The second-order valence-corrected chi connectivity index (χ2v) is 5.64. The van der Waals surface area contributed by atoms with Gasteiger partial charge in [0.25, 0.3) is 0 Å². The van der Waals surface area contributed by atoms with Gasteiger partial charge in [0.05, 0.1) is 6.54 Å². The fourth-order valence-corrected chi connectivity index (χ4v) is 2.57. The molecular formula is C8H10N2O3S2. The van der Waals surface area contributed by atoms with Crippen LogP contribution in [0.25, 0.3) is 0 Å². The number of thiophene rings is 1. The Labute approximate surface area is 91.7 Å². The van der Waals surface area contributed by atoms with Crippen molar-refractivity contribution in [3.63, 3.8) is 0 Å². The third-order valence-electron chi connectivity index (χ3n) is 1.54. The van der Waals surface area contributed by atoms with Crippen molar-refractivity contribution in [1.82, 2.24) is 5.32 Å². The maximum absolute atomic E-state index is 10.9. The second kappa shape index (κ2) is 4.56. The van der Waals surface area contributed by atoms with Crippen molar-refractivity contribution >= 4 is 27.3 Å². The zero-order valence-electron chi connectivity index (χ0n) is 7.76. The van der Waals surface area contributed by atoms with Crippen LogP contribution in [0.5, 0.6) is 0 Å². The van der Waals surface area contributed by atoms with E-state index in [2.05, 4.69) is 11.9 Å². The molecule has 0 aliphatic carbocycles. The highest BCUT2D eigenvalue weighted by molar-refractivity contribution is 7.91. The molecule has 0 saturated heterocycles. The number of hydrogen-bond acceptors (Lipinski definition) is 4. The average molecular weight is 246 g/mol. The van der Waals surface area contributed by atoms with E-state index in [1.54, 1.807) is 6.07 Å². The van der Waals surface area contributed by atoms with E-state index in [0.29, 0.717) is 4.88 Å². The highest BCUT2D eigenvalue weighted by Crippen LogP contribution is 2.19. The monoisotopic (exact) mass is 246 g/mol. The molecule has 0 spiro atoms. The van der Waals surface area contributed by atoms with E-state index in [0.717, 1.165) is 17.4 Å². The highest BCUT2D eigenvalue weighted by Gasteiger charge is 2.10. The normalized spacial score (nSPS) is 11.0. The van der Waals surface area contributed by atoms with E-state index in [4.69, 9.17) is 5.14 Å². The molecule has 0 saturated carbocycles. The number of primary sulfonamides is 1. The molecule has 1 rings (SSSR count). The number of amides is 1. The van der Waals surface area contributed by atoms with Crippen molar-refractivity contribution in [2.45, 2.75) is 10.8 Å². The van der Waals surface area contributed by atoms with Gasteiger partial charge in [-0.3, -0.25) is 4.79 Å². The molecule has 7 heteroatoms. The molecule has 0 fully saturated rings. The van der Waals surface area contributed by atoms with Crippen molar-refractivity contribution < 1.29 is 13.2 Å². The summed E-state index contributed by atoms with van der Waals surface area (Å²) in [7, 11) is -3.64. The Morgan fingerprint density at radius 2 is 2.27 bits per heavy atom. The molecule has 15 heavy (non-hydrogen) atoms. The predicted molar refractivity (Wildman–Crippen MR) is 57.7 cm³/mol. The third kappa shape index (κ3) is 3.46. The van der Waals surface area contributed by atoms with Gasteiger partial charge in [0, 0.05) is 4.88 Å². The fraction of sp³-hybridized carbons (Fsp3) is 0.125. The van der Waals surface area contributed by atoms with Crippen LogP contribution >= 0.6 is 11.3 Å². The second-order valence-electron chi connectivity index (χ2n) is 2.69. The number of nitrogens with one attached hydrogen (secondary N) is 1. The first-order chi connectivity index (χ1) is 6.93. The van der Waals surface area contributed by atoms with Crippen LogP contribution in [0.2, 0.25) is 0 Å². The molecule has 1 heterocycles. The summed E-state index contributed by atoms with van der Waals surface area (Å²) in [4.78, 5) is 11.5. The molecule has 1 aromatic rings. The quantitative estimate of drug-likeness (QED) is 0.744. The standard InChI is InChI=1S/C8H10N2O3S2/c1-2-7(11)10-5-6-3-4-8(14-6)15(9,12)13/h2-4H,1,5H2,(H,10,11)(H2,9,12,13). The maximum atomic E-state index is 10.9. The molecule has 1 amide bonds. The van der Waals surface area contributed by atoms with Crippen molar-refractivity contribution in [1.29, 1.82) is 0 Å². The van der Waals surface area contributed by atoms with Crippen molar-refractivity contribution in [2.75, 3.05) is 0 Å². The summed E-state index contributed by atoms with van der Waals surface area (Å²) in [6, 6.07) is 3.02. The number of carbonyl (C=O) groups is 1. The summed E-state index contributed by atoms with van der Waals surface area (Å²) < 4.78 is 21.9. The summed E-state index contributed by atoms with van der Waals surface area (Å²) >= 11 is 1.03. The average Bonchev–Trinajstić information content (AvgIpc) is 2.61. The molecule has 3 N–H and O–H groups in total. The lowest BCUT2D eigenvalue weighted by Gasteiger charge is -1.97. The lowest BCUT2D eigenvalue weighted by molar-refractivity contribution is -0.116. The molecule has 0 atom stereocenters. The molecule has 0 aromatic carbocycles. The number of hydrogen-bond donors (Lipinski definition) is 2. The summed E-state index contributed by atoms with van der Waals surface area (Å²) in [5, 5.41) is 7.46. The van der Waals surface area contributed by atoms with E-state index in [-0.39, 0.29) is 16.7 Å². The van der Waals surface area contributed by atoms with Gasteiger partial charge >= 0.3 is 0 Å². The van der Waals surface area contributed by atoms with Crippen molar-refractivity contribution in [2.24, 2.45) is 5.14 Å². The van der Waals surface area contributed by atoms with Gasteiger partial charge in [-0.25, -0.2) is 13.6 Å². The van der Waals surface area contributed by atoms with Gasteiger partial charge in [-0.15, -0.1) is 11.3 Å². The first kappa shape index (κ1) is 11.9. The molecule has 1 aromatic heterocycles. The summed E-state index contributed by atoms with van der Waals surface area (Å²) in [5.41, 5.74) is 0. The van der Waals surface area contributed by atoms with Gasteiger partial charge in [-0.2, -0.15) is 0 Å². The minimum absolute atomic E-state index is 0.0883. The van der Waals surface area contributed by atoms with E-state index >= 15 is 0 Å². The Hall–Kier alpha value is -1.18. The number of carbonyl (C=O) groups excluding carboxylic acids is 1. The summed E-state index contributed by atoms with van der Waals surface area (Å²) in [5.74, 6) is -0.305. The number of sulfonamides is 1. The van der Waals surface area contributed by atoms with Crippen LogP contribution in [0.1, 0.15) is 4.88 Å². The third-order valence-corrected chi connectivity index (χ3v) is 4.06. The Morgan fingerprint density at radius 1 is 1.60 bits per heavy atom. The number of rotatable bonds is 4. The minimum Gasteiger partial charge on any atom is -0.348 e. The van der Waals surface area contributed by atoms with E-state index in [9.17, 15) is 13.2 Å². The zero-order chi connectivity index (χ0) is 11.5. The van der Waals surface area contributed by atoms with Gasteiger partial charge < -0.3 is 5.32 Å². The van der Waals surface area contributed by atoms with Crippen LogP contribution in [-0.4, -0.2) is 14.3 Å². The molecule has 0 unspecified atom stereocenters. The topological polar surface area (TPSA) is 89.3 Å². The lowest BCUT2D eigenvalue weighted by atomic mass is 10.4. The van der Waals surface area contributed by atoms with Crippen molar-refractivity contribution in [3.05, 3.63) is 29.7 Å². The summed E-state index contributed by atoms with van der Waals surface area (Å²) in [6.07, 6.45) is 1.15. The fourth-order valence-electron chi connectivity index (χ4n) is 0.853. The first-order valence-electron chi connectivity index (χ1n) is 3.95. The van der Waals surface area contributed by atoms with Crippen LogP contribution in [0.15, 0.2) is 29.0 Å². The van der Waals surface area contributed by atoms with Gasteiger partial charge in [0.1, 0.15) is 4.21 Å². The van der Waals surface area contributed by atoms with Gasteiger partial charge in [0.2, 0.25) is 15.9 Å². The Balaban J connectivity index is 2.70. The Morgan fingerprint density at radius 3 is 2.73 bits per heavy atom. The van der Waals surface area contributed by atoms with Gasteiger partial charge in [-0.05, 0) is 18.2 Å². The van der Waals surface area contributed by atoms with E-state index in [1.807, 2.05) is 0 Å².